The van der Waals surface area contributed by atoms with E-state index in [1.807, 2.05) is 12.1 Å². The molecule has 0 amide bonds. The Balaban J connectivity index is 0.000000220. The fraction of sp³-hybridized carbons (Fsp3) is 0. The predicted molar refractivity (Wildman–Crippen MR) is 82.1 cm³/mol. The molecule has 22 heavy (non-hydrogen) atoms. The summed E-state index contributed by atoms with van der Waals surface area (Å²) in [6, 6.07) is 15.8. The highest BCUT2D eigenvalue weighted by molar-refractivity contribution is 5.52. The van der Waals surface area contributed by atoms with Crippen LogP contribution < -0.4 is 0 Å². The van der Waals surface area contributed by atoms with E-state index < -0.39 is 0 Å². The first kappa shape index (κ1) is 16.8. The van der Waals surface area contributed by atoms with Crippen LogP contribution in [-0.4, -0.2) is 0 Å². The fourth-order valence-corrected chi connectivity index (χ4v) is 1.49. The Labute approximate surface area is 127 Å². The minimum absolute atomic E-state index is 0.287. The molecule has 2 aromatic carbocycles. The van der Waals surface area contributed by atoms with Gasteiger partial charge in [0.05, 0.1) is 12.1 Å². The summed E-state index contributed by atoms with van der Waals surface area (Å²) in [7, 11) is 0. The maximum absolute atomic E-state index is 12.5. The van der Waals surface area contributed by atoms with E-state index in [-0.39, 0.29) is 11.6 Å². The minimum Gasteiger partial charge on any atom is -0.207 e. The summed E-state index contributed by atoms with van der Waals surface area (Å²) < 4.78 is 25.0. The van der Waals surface area contributed by atoms with Gasteiger partial charge in [-0.15, -0.1) is 0 Å². The summed E-state index contributed by atoms with van der Waals surface area (Å²) in [5, 5.41) is 16.3. The van der Waals surface area contributed by atoms with Gasteiger partial charge in [0.25, 0.3) is 0 Å². The second-order valence-electron chi connectivity index (χ2n) is 4.03. The van der Waals surface area contributed by atoms with Gasteiger partial charge in [0.1, 0.15) is 11.6 Å². The van der Waals surface area contributed by atoms with Crippen molar-refractivity contribution >= 4 is 12.2 Å². The van der Waals surface area contributed by atoms with Crippen molar-refractivity contribution in [2.75, 3.05) is 0 Å². The number of allylic oxidation sites excluding steroid dienone is 2. The van der Waals surface area contributed by atoms with E-state index in [4.69, 9.17) is 10.5 Å². The van der Waals surface area contributed by atoms with Gasteiger partial charge in [0.2, 0.25) is 0 Å². The smallest absolute Gasteiger partial charge is 0.123 e. The quantitative estimate of drug-likeness (QED) is 0.752. The summed E-state index contributed by atoms with van der Waals surface area (Å²) in [6.45, 7) is 0. The molecule has 0 fully saturated rings. The van der Waals surface area contributed by atoms with Crippen LogP contribution in [0.5, 0.6) is 0 Å². The molecular formula is C18H12F2N2. The van der Waals surface area contributed by atoms with Gasteiger partial charge in [-0.05, 0) is 47.5 Å². The maximum Gasteiger partial charge on any atom is 0.123 e. The van der Waals surface area contributed by atoms with Crippen molar-refractivity contribution in [1.82, 2.24) is 0 Å². The molecule has 0 N–H and O–H groups in total. The van der Waals surface area contributed by atoms with Crippen LogP contribution in [0.2, 0.25) is 0 Å². The summed E-state index contributed by atoms with van der Waals surface area (Å²) in [5.41, 5.74) is 1.40. The Morgan fingerprint density at radius 2 is 1.14 bits per heavy atom. The van der Waals surface area contributed by atoms with E-state index in [0.29, 0.717) is 11.1 Å². The van der Waals surface area contributed by atoms with Gasteiger partial charge in [-0.25, -0.2) is 8.78 Å². The highest BCUT2D eigenvalue weighted by Crippen LogP contribution is 2.05. The summed E-state index contributed by atoms with van der Waals surface area (Å²) in [6.07, 6.45) is 5.75. The molecular weight excluding hydrogens is 282 g/mol. The summed E-state index contributed by atoms with van der Waals surface area (Å²) >= 11 is 0. The first-order chi connectivity index (χ1) is 10.7. The molecule has 0 aliphatic rings. The monoisotopic (exact) mass is 294 g/mol. The molecule has 0 atom stereocenters. The third kappa shape index (κ3) is 6.79. The number of benzene rings is 2. The van der Waals surface area contributed by atoms with Crippen molar-refractivity contribution in [2.24, 2.45) is 0 Å². The van der Waals surface area contributed by atoms with Crippen molar-refractivity contribution in [3.8, 4) is 12.1 Å². The van der Waals surface area contributed by atoms with Gasteiger partial charge in [0, 0.05) is 12.2 Å². The van der Waals surface area contributed by atoms with Gasteiger partial charge in [-0.3, -0.25) is 0 Å². The predicted octanol–water partition coefficient (Wildman–Crippen LogP) is 4.72. The topological polar surface area (TPSA) is 47.6 Å². The summed E-state index contributed by atoms with van der Waals surface area (Å²) in [4.78, 5) is 0. The average Bonchev–Trinajstić information content (AvgIpc) is 2.52. The average molecular weight is 294 g/mol. The van der Waals surface area contributed by atoms with E-state index in [0.717, 1.165) is 0 Å². The Morgan fingerprint density at radius 1 is 0.727 bits per heavy atom. The van der Waals surface area contributed by atoms with Crippen LogP contribution in [0.3, 0.4) is 0 Å². The number of nitriles is 2. The van der Waals surface area contributed by atoms with Gasteiger partial charge in [0.15, 0.2) is 0 Å². The van der Waals surface area contributed by atoms with Crippen molar-refractivity contribution in [2.45, 2.75) is 0 Å². The highest BCUT2D eigenvalue weighted by Gasteiger charge is 1.89. The molecule has 0 spiro atoms. The molecule has 0 aromatic heterocycles. The molecule has 0 aliphatic heterocycles. The number of rotatable bonds is 2. The lowest BCUT2D eigenvalue weighted by atomic mass is 10.2. The van der Waals surface area contributed by atoms with E-state index in [1.165, 1.54) is 36.4 Å². The molecule has 108 valence electrons. The van der Waals surface area contributed by atoms with Crippen LogP contribution in [-0.2, 0) is 0 Å². The Hall–Kier alpha value is -3.24. The Kier molecular flexibility index (Phi) is 7.36. The van der Waals surface area contributed by atoms with Crippen molar-refractivity contribution in [1.29, 1.82) is 10.5 Å². The molecule has 0 radical (unpaired) electrons. The lowest BCUT2D eigenvalue weighted by molar-refractivity contribution is 0.627. The van der Waals surface area contributed by atoms with Crippen LogP contribution in [0, 0.1) is 34.3 Å². The van der Waals surface area contributed by atoms with Crippen LogP contribution in [0.1, 0.15) is 11.1 Å². The number of hydrogen-bond donors (Lipinski definition) is 0. The third-order valence-electron chi connectivity index (χ3n) is 2.40. The van der Waals surface area contributed by atoms with Gasteiger partial charge >= 0.3 is 0 Å². The van der Waals surface area contributed by atoms with Crippen molar-refractivity contribution in [3.63, 3.8) is 0 Å². The van der Waals surface area contributed by atoms with E-state index in [2.05, 4.69) is 0 Å². The number of halogens is 2. The first-order valence-corrected chi connectivity index (χ1v) is 6.29. The zero-order valence-electron chi connectivity index (χ0n) is 11.6. The molecule has 0 heterocycles. The number of hydrogen-bond acceptors (Lipinski definition) is 2. The lowest BCUT2D eigenvalue weighted by Crippen LogP contribution is -1.74. The minimum atomic E-state index is -0.287. The standard InChI is InChI=1S/2C9H6FN/c2*10-9-5-1-3-8(7-9)4-2-6-11/h2*1-5,7H/b4-2+;4-2-. The second-order valence-corrected chi connectivity index (χ2v) is 4.03. The maximum atomic E-state index is 12.5. The zero-order valence-corrected chi connectivity index (χ0v) is 11.6. The van der Waals surface area contributed by atoms with Gasteiger partial charge < -0.3 is 0 Å². The van der Waals surface area contributed by atoms with Crippen LogP contribution in [0.25, 0.3) is 12.2 Å². The molecule has 0 unspecified atom stereocenters. The lowest BCUT2D eigenvalue weighted by Gasteiger charge is -1.90. The molecule has 2 rings (SSSR count). The molecule has 0 bridgehead atoms. The molecule has 2 aromatic rings. The van der Waals surface area contributed by atoms with Crippen LogP contribution >= 0.6 is 0 Å². The Morgan fingerprint density at radius 3 is 1.45 bits per heavy atom. The number of nitrogens with zero attached hydrogens (tertiary/aromatic N) is 2. The van der Waals surface area contributed by atoms with Crippen LogP contribution in [0.15, 0.2) is 60.7 Å². The van der Waals surface area contributed by atoms with E-state index in [9.17, 15) is 8.78 Å². The fourth-order valence-electron chi connectivity index (χ4n) is 1.49. The van der Waals surface area contributed by atoms with Crippen molar-refractivity contribution < 1.29 is 8.78 Å². The molecule has 0 aliphatic carbocycles. The van der Waals surface area contributed by atoms with Crippen molar-refractivity contribution in [3.05, 3.63) is 83.4 Å². The zero-order chi connectivity index (χ0) is 16.2. The van der Waals surface area contributed by atoms with Crippen LogP contribution in [0.4, 0.5) is 8.78 Å². The first-order valence-electron chi connectivity index (χ1n) is 6.29. The van der Waals surface area contributed by atoms with E-state index >= 15 is 0 Å². The highest BCUT2D eigenvalue weighted by atomic mass is 19.1. The van der Waals surface area contributed by atoms with Gasteiger partial charge in [-0.1, -0.05) is 24.3 Å². The van der Waals surface area contributed by atoms with E-state index in [1.54, 1.807) is 36.4 Å². The normalized spacial score (nSPS) is 9.82. The molecule has 0 saturated heterocycles. The molecule has 4 heteroatoms. The second kappa shape index (κ2) is 9.63. The SMILES string of the molecule is N#C/C=C/c1cccc(F)c1.N#C/C=C\c1cccc(F)c1. The summed E-state index contributed by atoms with van der Waals surface area (Å²) in [5.74, 6) is -0.574. The molecule has 2 nitrogen and oxygen atoms in total. The Bertz CT molecular complexity index is 685. The van der Waals surface area contributed by atoms with Gasteiger partial charge in [-0.2, -0.15) is 10.5 Å². The largest absolute Gasteiger partial charge is 0.207 e. The molecule has 0 saturated carbocycles. The third-order valence-corrected chi connectivity index (χ3v) is 2.40.